The van der Waals surface area contributed by atoms with Gasteiger partial charge in [-0.25, -0.2) is 4.98 Å². The number of nitrogens with zero attached hydrogens (tertiary/aromatic N) is 4. The predicted molar refractivity (Wildman–Crippen MR) is 50.9 cm³/mol. The fourth-order valence-electron chi connectivity index (χ4n) is 1.12. The zero-order valence-electron chi connectivity index (χ0n) is 7.92. The molecule has 2 heterocycles. The van der Waals surface area contributed by atoms with Gasteiger partial charge < -0.3 is 5.32 Å². The highest BCUT2D eigenvalue weighted by molar-refractivity contribution is 5.90. The van der Waals surface area contributed by atoms with Gasteiger partial charge >= 0.3 is 0 Å². The molecule has 0 fully saturated rings. The molecule has 0 bridgehead atoms. The molecule has 7 nitrogen and oxygen atoms in total. The lowest BCUT2D eigenvalue weighted by Crippen LogP contribution is -2.28. The standard InChI is InChI=1S/C8H10N6O/c15-8(7-10-6-11-13-7)9-3-5-14-4-1-2-12-14/h1-2,4,6H,3,5H2,(H,9,15)(H,10,11,13). The number of aromatic amines is 1. The number of carbonyl (C=O) groups is 1. The van der Waals surface area contributed by atoms with Crippen molar-refractivity contribution < 1.29 is 4.79 Å². The first-order valence-corrected chi connectivity index (χ1v) is 4.47. The fourth-order valence-corrected chi connectivity index (χ4v) is 1.12. The summed E-state index contributed by atoms with van der Waals surface area (Å²) in [5, 5.41) is 12.8. The van der Waals surface area contributed by atoms with Gasteiger partial charge in [0.25, 0.3) is 5.91 Å². The highest BCUT2D eigenvalue weighted by atomic mass is 16.2. The van der Waals surface area contributed by atoms with E-state index in [1.165, 1.54) is 6.33 Å². The summed E-state index contributed by atoms with van der Waals surface area (Å²) in [4.78, 5) is 15.1. The molecule has 0 aliphatic carbocycles. The Balaban J connectivity index is 1.77. The van der Waals surface area contributed by atoms with Gasteiger partial charge in [0, 0.05) is 18.9 Å². The molecule has 0 saturated carbocycles. The minimum Gasteiger partial charge on any atom is -0.347 e. The van der Waals surface area contributed by atoms with Crippen LogP contribution in [0.3, 0.4) is 0 Å². The number of carbonyl (C=O) groups excluding carboxylic acids is 1. The smallest absolute Gasteiger partial charge is 0.288 e. The first-order valence-electron chi connectivity index (χ1n) is 4.47. The summed E-state index contributed by atoms with van der Waals surface area (Å²) < 4.78 is 1.74. The Morgan fingerprint density at radius 3 is 3.20 bits per heavy atom. The zero-order valence-corrected chi connectivity index (χ0v) is 7.92. The van der Waals surface area contributed by atoms with Crippen LogP contribution in [0.4, 0.5) is 0 Å². The molecule has 0 atom stereocenters. The highest BCUT2D eigenvalue weighted by Crippen LogP contribution is 1.86. The molecule has 0 unspecified atom stereocenters. The van der Waals surface area contributed by atoms with E-state index in [1.54, 1.807) is 10.9 Å². The van der Waals surface area contributed by atoms with Gasteiger partial charge in [-0.2, -0.15) is 10.2 Å². The van der Waals surface area contributed by atoms with Crippen molar-refractivity contribution >= 4 is 5.91 Å². The Morgan fingerprint density at radius 1 is 1.60 bits per heavy atom. The summed E-state index contributed by atoms with van der Waals surface area (Å²) >= 11 is 0. The van der Waals surface area contributed by atoms with Crippen LogP contribution in [-0.4, -0.2) is 37.4 Å². The lowest BCUT2D eigenvalue weighted by molar-refractivity contribution is 0.0942. The number of rotatable bonds is 4. The van der Waals surface area contributed by atoms with Crippen LogP contribution in [0.1, 0.15) is 10.6 Å². The molecule has 0 aliphatic rings. The van der Waals surface area contributed by atoms with E-state index in [0.717, 1.165) is 0 Å². The zero-order chi connectivity index (χ0) is 10.5. The molecule has 15 heavy (non-hydrogen) atoms. The Bertz CT molecular complexity index is 406. The summed E-state index contributed by atoms with van der Waals surface area (Å²) in [6.07, 6.45) is 4.82. The van der Waals surface area contributed by atoms with Gasteiger partial charge in [-0.05, 0) is 6.07 Å². The third-order valence-corrected chi connectivity index (χ3v) is 1.82. The largest absolute Gasteiger partial charge is 0.347 e. The molecule has 0 aliphatic heterocycles. The van der Waals surface area contributed by atoms with E-state index in [4.69, 9.17) is 0 Å². The summed E-state index contributed by atoms with van der Waals surface area (Å²) in [7, 11) is 0. The van der Waals surface area contributed by atoms with Crippen molar-refractivity contribution in [1.82, 2.24) is 30.3 Å². The molecular weight excluding hydrogens is 196 g/mol. The summed E-state index contributed by atoms with van der Waals surface area (Å²) in [6, 6.07) is 1.83. The van der Waals surface area contributed by atoms with E-state index >= 15 is 0 Å². The van der Waals surface area contributed by atoms with Crippen LogP contribution in [-0.2, 0) is 6.54 Å². The molecule has 1 amide bonds. The SMILES string of the molecule is O=C(NCCn1cccn1)c1ncn[nH]1. The van der Waals surface area contributed by atoms with E-state index < -0.39 is 0 Å². The molecule has 0 saturated heterocycles. The summed E-state index contributed by atoms with van der Waals surface area (Å²) in [5.74, 6) is -0.0462. The van der Waals surface area contributed by atoms with Crippen molar-refractivity contribution in [1.29, 1.82) is 0 Å². The molecule has 78 valence electrons. The van der Waals surface area contributed by atoms with Gasteiger partial charge in [0.15, 0.2) is 0 Å². The van der Waals surface area contributed by atoms with Crippen LogP contribution >= 0.6 is 0 Å². The second kappa shape index (κ2) is 4.36. The minimum absolute atomic E-state index is 0.218. The Kier molecular flexibility index (Phi) is 2.72. The average molecular weight is 206 g/mol. The number of hydrogen-bond acceptors (Lipinski definition) is 4. The van der Waals surface area contributed by atoms with Crippen molar-refractivity contribution in [3.63, 3.8) is 0 Å². The van der Waals surface area contributed by atoms with Crippen LogP contribution in [0.2, 0.25) is 0 Å². The Morgan fingerprint density at radius 2 is 2.53 bits per heavy atom. The first-order chi connectivity index (χ1) is 7.36. The molecular formula is C8H10N6O. The topological polar surface area (TPSA) is 88.5 Å². The molecule has 2 rings (SSSR count). The molecule has 7 heteroatoms. The third kappa shape index (κ3) is 2.39. The second-order valence-electron chi connectivity index (χ2n) is 2.86. The van der Waals surface area contributed by atoms with Gasteiger partial charge in [-0.1, -0.05) is 0 Å². The molecule has 0 radical (unpaired) electrons. The molecule has 0 aromatic carbocycles. The van der Waals surface area contributed by atoms with E-state index in [2.05, 4.69) is 25.6 Å². The van der Waals surface area contributed by atoms with Crippen molar-refractivity contribution in [2.75, 3.05) is 6.54 Å². The van der Waals surface area contributed by atoms with Crippen LogP contribution in [0.25, 0.3) is 0 Å². The van der Waals surface area contributed by atoms with Crippen molar-refractivity contribution in [2.24, 2.45) is 0 Å². The monoisotopic (exact) mass is 206 g/mol. The Hall–Kier alpha value is -2.18. The number of H-pyrrole nitrogens is 1. The van der Waals surface area contributed by atoms with Gasteiger partial charge in [-0.3, -0.25) is 14.6 Å². The molecule has 2 aromatic rings. The van der Waals surface area contributed by atoms with E-state index in [0.29, 0.717) is 13.1 Å². The van der Waals surface area contributed by atoms with E-state index in [9.17, 15) is 4.79 Å². The fraction of sp³-hybridized carbons (Fsp3) is 0.250. The molecule has 0 spiro atoms. The van der Waals surface area contributed by atoms with Crippen molar-refractivity contribution in [3.05, 3.63) is 30.6 Å². The summed E-state index contributed by atoms with van der Waals surface area (Å²) in [5.41, 5.74) is 0. The minimum atomic E-state index is -0.264. The quantitative estimate of drug-likeness (QED) is 0.701. The highest BCUT2D eigenvalue weighted by Gasteiger charge is 2.06. The van der Waals surface area contributed by atoms with Crippen LogP contribution in [0.5, 0.6) is 0 Å². The lowest BCUT2D eigenvalue weighted by atomic mass is 10.5. The van der Waals surface area contributed by atoms with Crippen LogP contribution < -0.4 is 5.32 Å². The number of aromatic nitrogens is 5. The maximum atomic E-state index is 11.4. The van der Waals surface area contributed by atoms with Gasteiger partial charge in [-0.15, -0.1) is 0 Å². The van der Waals surface area contributed by atoms with Crippen molar-refractivity contribution in [2.45, 2.75) is 6.54 Å². The summed E-state index contributed by atoms with van der Waals surface area (Å²) in [6.45, 7) is 1.13. The van der Waals surface area contributed by atoms with Gasteiger partial charge in [0.05, 0.1) is 6.54 Å². The maximum absolute atomic E-state index is 11.4. The lowest BCUT2D eigenvalue weighted by Gasteiger charge is -2.02. The third-order valence-electron chi connectivity index (χ3n) is 1.82. The molecule has 2 N–H and O–H groups in total. The second-order valence-corrected chi connectivity index (χ2v) is 2.86. The number of nitrogens with one attached hydrogen (secondary N) is 2. The van der Waals surface area contributed by atoms with Gasteiger partial charge in [0.1, 0.15) is 6.33 Å². The van der Waals surface area contributed by atoms with Crippen LogP contribution in [0.15, 0.2) is 24.8 Å². The first kappa shape index (κ1) is 9.38. The van der Waals surface area contributed by atoms with E-state index in [-0.39, 0.29) is 11.7 Å². The average Bonchev–Trinajstić information content (AvgIpc) is 2.90. The normalized spacial score (nSPS) is 10.1. The van der Waals surface area contributed by atoms with Gasteiger partial charge in [0.2, 0.25) is 5.82 Å². The van der Waals surface area contributed by atoms with Crippen molar-refractivity contribution in [3.8, 4) is 0 Å². The van der Waals surface area contributed by atoms with Crippen LogP contribution in [0, 0.1) is 0 Å². The number of hydrogen-bond donors (Lipinski definition) is 2. The number of amides is 1. The van der Waals surface area contributed by atoms with E-state index in [1.807, 2.05) is 12.3 Å². The predicted octanol–water partition coefficient (Wildman–Crippen LogP) is -0.569. The molecule has 2 aromatic heterocycles. The maximum Gasteiger partial charge on any atom is 0.288 e. The Labute approximate surface area is 85.5 Å².